The van der Waals surface area contributed by atoms with Gasteiger partial charge in [-0.15, -0.1) is 0 Å². The fourth-order valence-electron chi connectivity index (χ4n) is 9.49. The minimum Gasteiger partial charge on any atom is -0.309 e. The molecule has 3 aromatic heterocycles. The lowest BCUT2D eigenvalue weighted by Crippen LogP contribution is -2.03. The molecule has 0 N–H and O–H groups in total. The van der Waals surface area contributed by atoms with Crippen molar-refractivity contribution in [2.75, 3.05) is 0 Å². The molecule has 0 fully saturated rings. The van der Waals surface area contributed by atoms with Crippen molar-refractivity contribution in [1.82, 2.24) is 14.1 Å². The minimum absolute atomic E-state index is 0.292. The number of rotatable bonds is 6. The Balaban J connectivity index is 0.932. The van der Waals surface area contributed by atoms with E-state index in [0.717, 1.165) is 40.2 Å². The lowest BCUT2D eigenvalue weighted by molar-refractivity contribution is 0.856. The molecule has 3 heterocycles. The topological polar surface area (TPSA) is 22.8 Å². The van der Waals surface area contributed by atoms with Crippen LogP contribution in [0, 0.1) is 0 Å². The molecule has 0 radical (unpaired) electrons. The van der Waals surface area contributed by atoms with Gasteiger partial charge in [0.2, 0.25) is 0 Å². The van der Waals surface area contributed by atoms with Gasteiger partial charge in [0.1, 0.15) is 5.82 Å². The van der Waals surface area contributed by atoms with E-state index >= 15 is 0 Å². The van der Waals surface area contributed by atoms with Gasteiger partial charge < -0.3 is 4.57 Å². The summed E-state index contributed by atoms with van der Waals surface area (Å²) in [6.45, 7) is 0. The molecule has 1 aliphatic rings. The number of hydrogen-bond donors (Lipinski definition) is 0. The zero-order valence-electron chi connectivity index (χ0n) is 32.9. The second kappa shape index (κ2) is 14.0. The van der Waals surface area contributed by atoms with Gasteiger partial charge in [-0.05, 0) is 105 Å². The van der Waals surface area contributed by atoms with Gasteiger partial charge in [-0.2, -0.15) is 0 Å². The molecule has 0 bridgehead atoms. The maximum Gasteiger partial charge on any atom is 0.138 e. The lowest BCUT2D eigenvalue weighted by Gasteiger charge is -2.18. The van der Waals surface area contributed by atoms with Crippen molar-refractivity contribution in [1.29, 1.82) is 0 Å². The van der Waals surface area contributed by atoms with Gasteiger partial charge >= 0.3 is 0 Å². The van der Waals surface area contributed by atoms with Crippen LogP contribution in [0.2, 0.25) is 0 Å². The Morgan fingerprint density at radius 2 is 1.07 bits per heavy atom. The molecule has 0 aliphatic heterocycles. The molecule has 11 aromatic rings. The van der Waals surface area contributed by atoms with Gasteiger partial charge in [-0.3, -0.25) is 4.57 Å². The van der Waals surface area contributed by atoms with Gasteiger partial charge in [0.05, 0.1) is 27.8 Å². The molecule has 3 heteroatoms. The Labute approximate surface area is 348 Å². The van der Waals surface area contributed by atoms with E-state index in [-0.39, 0.29) is 0 Å². The smallest absolute Gasteiger partial charge is 0.138 e. The van der Waals surface area contributed by atoms with E-state index in [2.05, 4.69) is 228 Å². The highest BCUT2D eigenvalue weighted by Gasteiger charge is 2.19. The van der Waals surface area contributed by atoms with E-state index in [1.54, 1.807) is 0 Å². The maximum atomic E-state index is 5.35. The molecule has 0 spiro atoms. The molecule has 1 unspecified atom stereocenters. The number of pyridine rings is 1. The third kappa shape index (κ3) is 5.70. The zero-order valence-corrected chi connectivity index (χ0v) is 32.9. The average Bonchev–Trinajstić information content (AvgIpc) is 3.84. The predicted molar refractivity (Wildman–Crippen MR) is 252 cm³/mol. The third-order valence-electron chi connectivity index (χ3n) is 12.4. The van der Waals surface area contributed by atoms with Crippen LogP contribution < -0.4 is 0 Å². The second-order valence-corrected chi connectivity index (χ2v) is 15.9. The molecular formula is C57H39N3. The predicted octanol–water partition coefficient (Wildman–Crippen LogP) is 14.9. The molecule has 0 amide bonds. The SMILES string of the molecule is C1=CC(c2cccc(-n3c4ccccc4c4cc(-c5ccc6c7ccccc7n(-c7ccc8ccccc8c7)c6c5)ccc43)n2)=CC(c2ccc(-c3ccccc3)cc2)C1. The number of nitrogens with zero attached hydrogens (tertiary/aromatic N) is 3. The first-order valence-corrected chi connectivity index (χ1v) is 20.8. The molecule has 3 nitrogen and oxygen atoms in total. The minimum atomic E-state index is 0.292. The van der Waals surface area contributed by atoms with E-state index in [1.165, 1.54) is 71.2 Å². The Hall–Kier alpha value is -7.75. The number of benzene rings is 8. The van der Waals surface area contributed by atoms with Crippen LogP contribution in [0.25, 0.3) is 93.7 Å². The summed E-state index contributed by atoms with van der Waals surface area (Å²) in [7, 11) is 0. The second-order valence-electron chi connectivity index (χ2n) is 15.9. The van der Waals surface area contributed by atoms with Gasteiger partial charge in [-0.25, -0.2) is 4.98 Å². The summed E-state index contributed by atoms with van der Waals surface area (Å²) in [6, 6.07) is 72.7. The standard InChI is InChI=1S/C57H39N3/c1-2-12-38(13-3-1)40-24-26-41(27-25-40)42-16-10-17-46(34-42)52-20-11-23-57(58-52)60-54-22-9-7-19-49(54)51-36-44(30-33-55(51)60)45-29-32-50-48-18-6-8-21-53(48)59(56(50)37-45)47-31-28-39-14-4-5-15-43(39)35-47/h1-15,17-37,42H,16H2. The Kier molecular flexibility index (Phi) is 7.99. The Bertz CT molecular complexity index is 3510. The van der Waals surface area contributed by atoms with Crippen LogP contribution in [0.3, 0.4) is 0 Å². The summed E-state index contributed by atoms with van der Waals surface area (Å²) >= 11 is 0. The number of aromatic nitrogens is 3. The van der Waals surface area contributed by atoms with Gasteiger partial charge in [0.15, 0.2) is 0 Å². The first-order valence-electron chi connectivity index (χ1n) is 20.8. The number of hydrogen-bond acceptors (Lipinski definition) is 1. The van der Waals surface area contributed by atoms with Crippen LogP contribution in [0.1, 0.15) is 23.6 Å². The van der Waals surface area contributed by atoms with Crippen LogP contribution in [-0.4, -0.2) is 14.1 Å². The number of fused-ring (bicyclic) bond motifs is 7. The van der Waals surface area contributed by atoms with Gasteiger partial charge in [0.25, 0.3) is 0 Å². The largest absolute Gasteiger partial charge is 0.309 e. The van der Waals surface area contributed by atoms with Gasteiger partial charge in [-0.1, -0.05) is 164 Å². The summed E-state index contributed by atoms with van der Waals surface area (Å²) in [5, 5.41) is 7.41. The van der Waals surface area contributed by atoms with Crippen molar-refractivity contribution >= 4 is 60.0 Å². The fraction of sp³-hybridized carbons (Fsp3) is 0.0351. The highest BCUT2D eigenvalue weighted by Crippen LogP contribution is 2.39. The van der Waals surface area contributed by atoms with E-state index in [9.17, 15) is 0 Å². The average molecular weight is 766 g/mol. The summed E-state index contributed by atoms with van der Waals surface area (Å²) < 4.78 is 4.75. The van der Waals surface area contributed by atoms with Crippen molar-refractivity contribution in [2.24, 2.45) is 0 Å². The highest BCUT2D eigenvalue weighted by molar-refractivity contribution is 6.12. The summed E-state index contributed by atoms with van der Waals surface area (Å²) in [6.07, 6.45) is 7.88. The van der Waals surface area contributed by atoms with Crippen molar-refractivity contribution < 1.29 is 0 Å². The van der Waals surface area contributed by atoms with Crippen LogP contribution in [-0.2, 0) is 0 Å². The van der Waals surface area contributed by atoms with Crippen LogP contribution in [0.4, 0.5) is 0 Å². The Morgan fingerprint density at radius 3 is 1.92 bits per heavy atom. The van der Waals surface area contributed by atoms with Crippen molar-refractivity contribution in [3.63, 3.8) is 0 Å². The summed E-state index contributed by atoms with van der Waals surface area (Å²) in [5.74, 6) is 1.20. The van der Waals surface area contributed by atoms with Crippen molar-refractivity contribution in [3.8, 4) is 33.8 Å². The molecule has 8 aromatic carbocycles. The quantitative estimate of drug-likeness (QED) is 0.165. The van der Waals surface area contributed by atoms with Crippen molar-refractivity contribution in [2.45, 2.75) is 12.3 Å². The molecular weight excluding hydrogens is 727 g/mol. The van der Waals surface area contributed by atoms with Crippen LogP contribution in [0.15, 0.2) is 218 Å². The Morgan fingerprint density at radius 1 is 0.417 bits per heavy atom. The highest BCUT2D eigenvalue weighted by atomic mass is 15.1. The van der Waals surface area contributed by atoms with Crippen LogP contribution in [0.5, 0.6) is 0 Å². The van der Waals surface area contributed by atoms with E-state index < -0.39 is 0 Å². The summed E-state index contributed by atoms with van der Waals surface area (Å²) in [4.78, 5) is 5.35. The fourth-order valence-corrected chi connectivity index (χ4v) is 9.49. The molecule has 1 atom stereocenters. The summed E-state index contributed by atoms with van der Waals surface area (Å²) in [5.41, 5.74) is 14.2. The van der Waals surface area contributed by atoms with E-state index in [1.807, 2.05) is 0 Å². The monoisotopic (exact) mass is 765 g/mol. The molecule has 1 aliphatic carbocycles. The molecule has 12 rings (SSSR count). The lowest BCUT2D eigenvalue weighted by atomic mass is 9.88. The molecule has 282 valence electrons. The van der Waals surface area contributed by atoms with E-state index in [0.29, 0.717) is 5.92 Å². The molecule has 0 saturated heterocycles. The zero-order chi connectivity index (χ0) is 39.6. The van der Waals surface area contributed by atoms with Crippen molar-refractivity contribution in [3.05, 3.63) is 230 Å². The maximum absolute atomic E-state index is 5.35. The van der Waals surface area contributed by atoms with Crippen LogP contribution >= 0.6 is 0 Å². The van der Waals surface area contributed by atoms with Gasteiger partial charge in [0, 0.05) is 33.2 Å². The third-order valence-corrected chi connectivity index (χ3v) is 12.4. The normalized spacial score (nSPS) is 14.1. The first-order chi connectivity index (χ1) is 29.7. The molecule has 60 heavy (non-hydrogen) atoms. The number of para-hydroxylation sites is 2. The first kappa shape index (κ1) is 34.3. The molecule has 0 saturated carbocycles. The van der Waals surface area contributed by atoms with E-state index in [4.69, 9.17) is 4.98 Å². The number of allylic oxidation sites excluding steroid dienone is 4.